The van der Waals surface area contributed by atoms with Crippen LogP contribution >= 0.6 is 27.5 Å². The molecule has 2 heterocycles. The van der Waals surface area contributed by atoms with Gasteiger partial charge in [0.1, 0.15) is 11.6 Å². The first-order chi connectivity index (χ1) is 15.1. The molecule has 0 saturated heterocycles. The maximum absolute atomic E-state index is 12.4. The van der Waals surface area contributed by atoms with Gasteiger partial charge in [0, 0.05) is 35.3 Å². The van der Waals surface area contributed by atoms with Crippen molar-refractivity contribution in [1.82, 2.24) is 19.9 Å². The molecule has 9 heteroatoms. The second kappa shape index (κ2) is 9.36. The van der Waals surface area contributed by atoms with Gasteiger partial charge < -0.3 is 15.4 Å². The third-order valence-corrected chi connectivity index (χ3v) is 5.52. The first-order valence-corrected chi connectivity index (χ1v) is 10.7. The predicted octanol–water partition coefficient (Wildman–Crippen LogP) is 4.66. The first-order valence-electron chi connectivity index (χ1n) is 9.52. The van der Waals surface area contributed by atoms with E-state index >= 15 is 0 Å². The fraction of sp³-hybridized carbons (Fsp3) is 0.136. The van der Waals surface area contributed by atoms with Crippen LogP contribution in [0.15, 0.2) is 65.3 Å². The number of amides is 1. The van der Waals surface area contributed by atoms with Gasteiger partial charge in [-0.2, -0.15) is 9.61 Å². The number of rotatable bonds is 7. The summed E-state index contributed by atoms with van der Waals surface area (Å²) in [5.41, 5.74) is 2.76. The maximum atomic E-state index is 12.4. The smallest absolute Gasteiger partial charge is 0.251 e. The molecular weight excluding hydrogens is 482 g/mol. The molecule has 0 spiro atoms. The van der Waals surface area contributed by atoms with Crippen LogP contribution in [0, 0.1) is 0 Å². The zero-order valence-electron chi connectivity index (χ0n) is 16.6. The predicted molar refractivity (Wildman–Crippen MR) is 125 cm³/mol. The Labute approximate surface area is 192 Å². The Balaban J connectivity index is 1.49. The fourth-order valence-corrected chi connectivity index (χ4v) is 3.68. The summed E-state index contributed by atoms with van der Waals surface area (Å²) in [6.07, 6.45) is 1.69. The van der Waals surface area contributed by atoms with Gasteiger partial charge in [0.25, 0.3) is 5.91 Å². The molecule has 2 aromatic carbocycles. The van der Waals surface area contributed by atoms with E-state index in [1.807, 2.05) is 30.3 Å². The maximum Gasteiger partial charge on any atom is 0.251 e. The molecule has 0 aliphatic rings. The monoisotopic (exact) mass is 499 g/mol. The summed E-state index contributed by atoms with van der Waals surface area (Å²) in [6.45, 7) is 0.915. The van der Waals surface area contributed by atoms with Gasteiger partial charge in [0.15, 0.2) is 5.65 Å². The van der Waals surface area contributed by atoms with Gasteiger partial charge in [-0.25, -0.2) is 4.98 Å². The summed E-state index contributed by atoms with van der Waals surface area (Å²) in [7, 11) is 1.57. The molecule has 0 aliphatic heterocycles. The summed E-state index contributed by atoms with van der Waals surface area (Å²) >= 11 is 9.86. The molecule has 4 rings (SSSR count). The van der Waals surface area contributed by atoms with Crippen molar-refractivity contribution in [1.29, 1.82) is 0 Å². The summed E-state index contributed by atoms with van der Waals surface area (Å²) in [5.74, 6) is 1.21. The highest BCUT2D eigenvalue weighted by Crippen LogP contribution is 2.30. The summed E-state index contributed by atoms with van der Waals surface area (Å²) < 4.78 is 7.64. The van der Waals surface area contributed by atoms with Crippen molar-refractivity contribution in [2.45, 2.75) is 0 Å². The minimum Gasteiger partial charge on any atom is -0.497 e. The van der Waals surface area contributed by atoms with Crippen molar-refractivity contribution in [2.75, 3.05) is 25.5 Å². The molecule has 0 unspecified atom stereocenters. The molecule has 0 aliphatic carbocycles. The highest BCUT2D eigenvalue weighted by molar-refractivity contribution is 9.10. The van der Waals surface area contributed by atoms with Crippen molar-refractivity contribution in [3.8, 4) is 17.0 Å². The molecule has 4 aromatic rings. The molecule has 0 atom stereocenters. The van der Waals surface area contributed by atoms with Gasteiger partial charge in [0.2, 0.25) is 0 Å². The highest BCUT2D eigenvalue weighted by atomic mass is 79.9. The van der Waals surface area contributed by atoms with Gasteiger partial charge in [-0.15, -0.1) is 0 Å². The van der Waals surface area contributed by atoms with E-state index in [0.717, 1.165) is 21.5 Å². The lowest BCUT2D eigenvalue weighted by Gasteiger charge is -2.12. The first kappa shape index (κ1) is 21.1. The van der Waals surface area contributed by atoms with E-state index in [-0.39, 0.29) is 5.91 Å². The van der Waals surface area contributed by atoms with E-state index in [0.29, 0.717) is 35.1 Å². The standard InChI is InChI=1S/C22H19BrClN5O2/c1-31-15-6-4-5-14(11-15)22(30)26-10-9-25-20-12-19(16-7-2-3-8-18(16)24)28-21-17(23)13-27-29(20)21/h2-8,11-13,25H,9-10H2,1H3,(H,26,30). The molecule has 7 nitrogen and oxygen atoms in total. The van der Waals surface area contributed by atoms with Gasteiger partial charge in [-0.3, -0.25) is 4.79 Å². The molecule has 2 N–H and O–H groups in total. The van der Waals surface area contributed by atoms with Crippen LogP contribution in [-0.4, -0.2) is 40.7 Å². The third-order valence-electron chi connectivity index (χ3n) is 4.63. The average molecular weight is 501 g/mol. The molecule has 2 aromatic heterocycles. The van der Waals surface area contributed by atoms with E-state index in [9.17, 15) is 4.79 Å². The zero-order valence-corrected chi connectivity index (χ0v) is 18.9. The Hall–Kier alpha value is -3.10. The highest BCUT2D eigenvalue weighted by Gasteiger charge is 2.13. The number of carbonyl (C=O) groups is 1. The normalized spacial score (nSPS) is 10.8. The average Bonchev–Trinajstić information content (AvgIpc) is 3.17. The lowest BCUT2D eigenvalue weighted by atomic mass is 10.1. The number of ether oxygens (including phenoxy) is 1. The van der Waals surface area contributed by atoms with Gasteiger partial charge in [0.05, 0.1) is 23.5 Å². The number of anilines is 1. The Kier molecular flexibility index (Phi) is 6.39. The summed E-state index contributed by atoms with van der Waals surface area (Å²) in [5, 5.41) is 11.2. The van der Waals surface area contributed by atoms with Crippen LogP contribution in [-0.2, 0) is 0 Å². The number of aromatic nitrogens is 3. The number of methoxy groups -OCH3 is 1. The van der Waals surface area contributed by atoms with E-state index in [2.05, 4.69) is 36.6 Å². The molecule has 0 fully saturated rings. The molecule has 31 heavy (non-hydrogen) atoms. The summed E-state index contributed by atoms with van der Waals surface area (Å²) in [4.78, 5) is 17.1. The fourth-order valence-electron chi connectivity index (χ4n) is 3.10. The Morgan fingerprint density at radius 1 is 1.16 bits per heavy atom. The second-order valence-electron chi connectivity index (χ2n) is 6.65. The molecule has 0 radical (unpaired) electrons. The van der Waals surface area contributed by atoms with E-state index in [1.165, 1.54) is 0 Å². The molecule has 1 amide bonds. The number of nitrogens with one attached hydrogen (secondary N) is 2. The lowest BCUT2D eigenvalue weighted by Crippen LogP contribution is -2.29. The van der Waals surface area contributed by atoms with Crippen LogP contribution in [0.3, 0.4) is 0 Å². The number of carbonyl (C=O) groups excluding carboxylic acids is 1. The van der Waals surface area contributed by atoms with E-state index in [4.69, 9.17) is 16.3 Å². The molecular formula is C22H19BrClN5O2. The topological polar surface area (TPSA) is 80.5 Å². The van der Waals surface area contributed by atoms with Crippen LogP contribution in [0.4, 0.5) is 5.82 Å². The van der Waals surface area contributed by atoms with Crippen LogP contribution in [0.5, 0.6) is 5.75 Å². The number of nitrogens with zero attached hydrogens (tertiary/aromatic N) is 3. The quantitative estimate of drug-likeness (QED) is 0.361. The largest absolute Gasteiger partial charge is 0.497 e. The van der Waals surface area contributed by atoms with Crippen molar-refractivity contribution in [3.05, 3.63) is 75.9 Å². The van der Waals surface area contributed by atoms with Crippen LogP contribution in [0.1, 0.15) is 10.4 Å². The Morgan fingerprint density at radius 3 is 2.81 bits per heavy atom. The van der Waals surface area contributed by atoms with Crippen LogP contribution < -0.4 is 15.4 Å². The van der Waals surface area contributed by atoms with Crippen LogP contribution in [0.2, 0.25) is 5.02 Å². The van der Waals surface area contributed by atoms with E-state index in [1.54, 1.807) is 42.1 Å². The van der Waals surface area contributed by atoms with Crippen LogP contribution in [0.25, 0.3) is 16.9 Å². The van der Waals surface area contributed by atoms with Crippen molar-refractivity contribution in [2.24, 2.45) is 0 Å². The summed E-state index contributed by atoms with van der Waals surface area (Å²) in [6, 6.07) is 16.5. The SMILES string of the molecule is COc1cccc(C(=O)NCCNc2cc(-c3ccccc3Cl)nc3c(Br)cnn23)c1. The number of halogens is 2. The van der Waals surface area contributed by atoms with E-state index < -0.39 is 0 Å². The Morgan fingerprint density at radius 2 is 2.00 bits per heavy atom. The third kappa shape index (κ3) is 4.65. The Bertz CT molecular complexity index is 1240. The van der Waals surface area contributed by atoms with Crippen molar-refractivity contribution in [3.63, 3.8) is 0 Å². The number of fused-ring (bicyclic) bond motifs is 1. The minimum atomic E-state index is -0.167. The van der Waals surface area contributed by atoms with Gasteiger partial charge >= 0.3 is 0 Å². The molecule has 0 bridgehead atoms. The number of hydrogen-bond donors (Lipinski definition) is 2. The van der Waals surface area contributed by atoms with Gasteiger partial charge in [-0.1, -0.05) is 35.9 Å². The second-order valence-corrected chi connectivity index (χ2v) is 7.91. The lowest BCUT2D eigenvalue weighted by molar-refractivity contribution is 0.0955. The zero-order chi connectivity index (χ0) is 21.8. The minimum absolute atomic E-state index is 0.167. The number of benzene rings is 2. The van der Waals surface area contributed by atoms with Crippen molar-refractivity contribution < 1.29 is 9.53 Å². The number of hydrogen-bond acceptors (Lipinski definition) is 5. The van der Waals surface area contributed by atoms with Crippen molar-refractivity contribution >= 4 is 44.9 Å². The molecule has 0 saturated carbocycles. The van der Waals surface area contributed by atoms with Gasteiger partial charge in [-0.05, 0) is 40.2 Å². The molecule has 158 valence electrons.